The highest BCUT2D eigenvalue weighted by Crippen LogP contribution is 2.39. The SMILES string of the molecule is COc1cccc(Cc2ccc(-c3nc(C4CCC4)n4ccnc(N)c34)cc2)c1. The number of imidazole rings is 1. The Labute approximate surface area is 170 Å². The number of nitrogens with two attached hydrogens (primary N) is 1. The second kappa shape index (κ2) is 7.24. The van der Waals surface area contributed by atoms with Crippen molar-refractivity contribution < 1.29 is 4.74 Å². The highest BCUT2D eigenvalue weighted by molar-refractivity contribution is 5.85. The van der Waals surface area contributed by atoms with Gasteiger partial charge in [0, 0.05) is 23.9 Å². The molecule has 29 heavy (non-hydrogen) atoms. The first-order chi connectivity index (χ1) is 14.2. The minimum Gasteiger partial charge on any atom is -0.497 e. The number of hydrogen-bond donors (Lipinski definition) is 1. The molecule has 1 aliphatic carbocycles. The molecule has 5 nitrogen and oxygen atoms in total. The van der Waals surface area contributed by atoms with Crippen molar-refractivity contribution in [3.05, 3.63) is 77.9 Å². The smallest absolute Gasteiger partial charge is 0.150 e. The average molecular weight is 384 g/mol. The van der Waals surface area contributed by atoms with Gasteiger partial charge in [0.15, 0.2) is 0 Å². The summed E-state index contributed by atoms with van der Waals surface area (Å²) >= 11 is 0. The summed E-state index contributed by atoms with van der Waals surface area (Å²) in [6, 6.07) is 16.8. The minimum absolute atomic E-state index is 0.519. The molecule has 0 amide bonds. The Morgan fingerprint density at radius 1 is 1.10 bits per heavy atom. The van der Waals surface area contributed by atoms with E-state index in [1.165, 1.54) is 30.4 Å². The Kier molecular flexibility index (Phi) is 4.43. The lowest BCUT2D eigenvalue weighted by atomic mass is 9.85. The number of methoxy groups -OCH3 is 1. The standard InChI is InChI=1S/C24H24N4O/c1-29-20-7-2-4-17(15-20)14-16-8-10-18(11-9-16)21-22-23(25)26-12-13-28(22)24(27-21)19-5-3-6-19/h2,4,7-13,15,19H,3,5-6,14H2,1H3,(H2,25,26). The van der Waals surface area contributed by atoms with Gasteiger partial charge in [0.25, 0.3) is 0 Å². The summed E-state index contributed by atoms with van der Waals surface area (Å²) in [5, 5.41) is 0. The van der Waals surface area contributed by atoms with Crippen LogP contribution in [-0.4, -0.2) is 21.5 Å². The van der Waals surface area contributed by atoms with E-state index in [-0.39, 0.29) is 0 Å². The molecule has 0 saturated heterocycles. The predicted molar refractivity (Wildman–Crippen MR) is 115 cm³/mol. The second-order valence-corrected chi connectivity index (χ2v) is 7.70. The minimum atomic E-state index is 0.519. The van der Waals surface area contributed by atoms with Crippen LogP contribution < -0.4 is 10.5 Å². The summed E-state index contributed by atoms with van der Waals surface area (Å²) in [7, 11) is 1.70. The van der Waals surface area contributed by atoms with Gasteiger partial charge in [0.1, 0.15) is 28.6 Å². The fourth-order valence-corrected chi connectivity index (χ4v) is 4.04. The second-order valence-electron chi connectivity index (χ2n) is 7.70. The van der Waals surface area contributed by atoms with Crippen LogP contribution in [0.1, 0.15) is 42.1 Å². The molecule has 1 saturated carbocycles. The first-order valence-electron chi connectivity index (χ1n) is 10.1. The first kappa shape index (κ1) is 17.7. The molecule has 4 aromatic rings. The summed E-state index contributed by atoms with van der Waals surface area (Å²) in [5.41, 5.74) is 11.6. The van der Waals surface area contributed by atoms with Crippen molar-refractivity contribution in [2.24, 2.45) is 0 Å². The Balaban J connectivity index is 1.49. The quantitative estimate of drug-likeness (QED) is 0.534. The van der Waals surface area contributed by atoms with Crippen LogP contribution in [-0.2, 0) is 6.42 Å². The number of nitrogen functional groups attached to an aromatic ring is 1. The van der Waals surface area contributed by atoms with Gasteiger partial charge < -0.3 is 10.5 Å². The molecule has 0 radical (unpaired) electrons. The zero-order valence-corrected chi connectivity index (χ0v) is 16.5. The van der Waals surface area contributed by atoms with E-state index in [4.69, 9.17) is 15.5 Å². The number of aromatic nitrogens is 3. The van der Waals surface area contributed by atoms with Crippen molar-refractivity contribution in [2.45, 2.75) is 31.6 Å². The van der Waals surface area contributed by atoms with Crippen molar-refractivity contribution in [1.29, 1.82) is 0 Å². The molecule has 0 spiro atoms. The summed E-state index contributed by atoms with van der Waals surface area (Å²) in [4.78, 5) is 9.31. The molecule has 2 aromatic heterocycles. The third-order valence-electron chi connectivity index (χ3n) is 5.85. The molecule has 2 N–H and O–H groups in total. The van der Waals surface area contributed by atoms with Crippen LogP contribution in [0.2, 0.25) is 0 Å². The van der Waals surface area contributed by atoms with Gasteiger partial charge in [-0.15, -0.1) is 0 Å². The zero-order chi connectivity index (χ0) is 19.8. The number of fused-ring (bicyclic) bond motifs is 1. The van der Waals surface area contributed by atoms with E-state index in [1.54, 1.807) is 13.3 Å². The van der Waals surface area contributed by atoms with E-state index in [9.17, 15) is 0 Å². The fourth-order valence-electron chi connectivity index (χ4n) is 4.04. The summed E-state index contributed by atoms with van der Waals surface area (Å²) in [6.45, 7) is 0. The lowest BCUT2D eigenvalue weighted by Gasteiger charge is -2.23. The van der Waals surface area contributed by atoms with Crippen LogP contribution in [0.5, 0.6) is 5.75 Å². The number of hydrogen-bond acceptors (Lipinski definition) is 4. The number of ether oxygens (including phenoxy) is 1. The molecule has 2 heterocycles. The summed E-state index contributed by atoms with van der Waals surface area (Å²) in [5.74, 6) is 3.04. The highest BCUT2D eigenvalue weighted by Gasteiger charge is 2.26. The van der Waals surface area contributed by atoms with Gasteiger partial charge in [0.2, 0.25) is 0 Å². The van der Waals surface area contributed by atoms with E-state index < -0.39 is 0 Å². The highest BCUT2D eigenvalue weighted by atomic mass is 16.5. The van der Waals surface area contributed by atoms with Crippen molar-refractivity contribution in [3.8, 4) is 17.0 Å². The van der Waals surface area contributed by atoms with E-state index >= 15 is 0 Å². The number of anilines is 1. The van der Waals surface area contributed by atoms with E-state index in [2.05, 4.69) is 45.8 Å². The normalized spacial score (nSPS) is 14.1. The molecule has 0 atom stereocenters. The van der Waals surface area contributed by atoms with Crippen molar-refractivity contribution in [1.82, 2.24) is 14.4 Å². The maximum absolute atomic E-state index is 6.24. The Morgan fingerprint density at radius 3 is 2.66 bits per heavy atom. The van der Waals surface area contributed by atoms with Gasteiger partial charge in [0.05, 0.1) is 7.11 Å². The zero-order valence-electron chi connectivity index (χ0n) is 16.5. The molecule has 5 heteroatoms. The molecule has 2 aromatic carbocycles. The molecule has 1 fully saturated rings. The Morgan fingerprint density at radius 2 is 1.93 bits per heavy atom. The third kappa shape index (κ3) is 3.23. The summed E-state index contributed by atoms with van der Waals surface area (Å²) < 4.78 is 7.46. The fraction of sp³-hybridized carbons (Fsp3) is 0.250. The monoisotopic (exact) mass is 384 g/mol. The topological polar surface area (TPSA) is 65.4 Å². The number of nitrogens with zero attached hydrogens (tertiary/aromatic N) is 3. The first-order valence-corrected chi connectivity index (χ1v) is 10.1. The van der Waals surface area contributed by atoms with Crippen LogP contribution >= 0.6 is 0 Å². The molecule has 1 aliphatic rings. The molecule has 146 valence electrons. The van der Waals surface area contributed by atoms with Crippen LogP contribution in [0.3, 0.4) is 0 Å². The molecule has 0 unspecified atom stereocenters. The number of benzene rings is 2. The van der Waals surface area contributed by atoms with Crippen molar-refractivity contribution in [2.75, 3.05) is 12.8 Å². The van der Waals surface area contributed by atoms with Crippen LogP contribution in [0.15, 0.2) is 60.9 Å². The van der Waals surface area contributed by atoms with Gasteiger partial charge in [-0.3, -0.25) is 4.40 Å². The van der Waals surface area contributed by atoms with Gasteiger partial charge in [-0.1, -0.05) is 42.8 Å². The van der Waals surface area contributed by atoms with E-state index in [1.807, 2.05) is 18.3 Å². The van der Waals surface area contributed by atoms with Crippen LogP contribution in [0.25, 0.3) is 16.8 Å². The lowest BCUT2D eigenvalue weighted by molar-refractivity contribution is 0.400. The maximum atomic E-state index is 6.24. The van der Waals surface area contributed by atoms with E-state index in [0.717, 1.165) is 34.8 Å². The van der Waals surface area contributed by atoms with Crippen LogP contribution in [0, 0.1) is 0 Å². The summed E-state index contributed by atoms with van der Waals surface area (Å²) in [6.07, 6.45) is 8.26. The van der Waals surface area contributed by atoms with Gasteiger partial charge >= 0.3 is 0 Å². The van der Waals surface area contributed by atoms with Gasteiger partial charge in [-0.25, -0.2) is 9.97 Å². The lowest BCUT2D eigenvalue weighted by Crippen LogP contribution is -2.12. The van der Waals surface area contributed by atoms with E-state index in [0.29, 0.717) is 11.7 Å². The predicted octanol–water partition coefficient (Wildman–Crippen LogP) is 4.85. The number of rotatable bonds is 5. The third-order valence-corrected chi connectivity index (χ3v) is 5.85. The average Bonchev–Trinajstić information content (AvgIpc) is 3.08. The molecular weight excluding hydrogens is 360 g/mol. The van der Waals surface area contributed by atoms with Crippen molar-refractivity contribution >= 4 is 11.3 Å². The Bertz CT molecular complexity index is 1160. The maximum Gasteiger partial charge on any atom is 0.150 e. The molecule has 5 rings (SSSR count). The molecular formula is C24H24N4O. The van der Waals surface area contributed by atoms with Crippen molar-refractivity contribution in [3.63, 3.8) is 0 Å². The van der Waals surface area contributed by atoms with Gasteiger partial charge in [-0.05, 0) is 42.5 Å². The molecule has 0 aliphatic heterocycles. The molecule has 0 bridgehead atoms. The largest absolute Gasteiger partial charge is 0.497 e. The Hall–Kier alpha value is -3.34. The van der Waals surface area contributed by atoms with Crippen LogP contribution in [0.4, 0.5) is 5.82 Å². The van der Waals surface area contributed by atoms with Gasteiger partial charge in [-0.2, -0.15) is 0 Å².